The number of aliphatic hydroxyl groups excluding tert-OH is 1. The van der Waals surface area contributed by atoms with E-state index in [2.05, 4.69) is 13.8 Å². The van der Waals surface area contributed by atoms with E-state index in [1.165, 1.54) is 0 Å². The Kier molecular flexibility index (Phi) is 3.58. The molecule has 0 aromatic rings. The van der Waals surface area contributed by atoms with Crippen LogP contribution in [0, 0.1) is 29.6 Å². The molecule has 2 aliphatic carbocycles. The summed E-state index contributed by atoms with van der Waals surface area (Å²) in [6.07, 6.45) is 1.75. The molecule has 0 aliphatic heterocycles. The van der Waals surface area contributed by atoms with Crippen LogP contribution in [0.25, 0.3) is 0 Å². The molecule has 2 aliphatic rings. The van der Waals surface area contributed by atoms with Crippen LogP contribution in [0.2, 0.25) is 0 Å². The van der Waals surface area contributed by atoms with E-state index in [0.717, 1.165) is 12.8 Å². The Bertz CT molecular complexity index is 335. The molecule has 0 aromatic carbocycles. The maximum absolute atomic E-state index is 11.8. The second-order valence-corrected chi connectivity index (χ2v) is 6.93. The van der Waals surface area contributed by atoms with Crippen LogP contribution in [0.1, 0.15) is 47.0 Å². The van der Waals surface area contributed by atoms with Gasteiger partial charge in [0, 0.05) is 5.92 Å². The number of fused-ring (bicyclic) bond motifs is 1. The SMILES string of the molecule is CC(=O)[C@@H]1[C@@H]2[C@@H](C[C@@H]1O)[C@](C)(O)CC[C@H]2C(C)C. The van der Waals surface area contributed by atoms with E-state index < -0.39 is 11.7 Å². The maximum atomic E-state index is 11.8. The fourth-order valence-electron chi connectivity index (χ4n) is 4.46. The minimum absolute atomic E-state index is 0.0718. The van der Waals surface area contributed by atoms with E-state index >= 15 is 0 Å². The Morgan fingerprint density at radius 2 is 2.00 bits per heavy atom. The highest BCUT2D eigenvalue weighted by Gasteiger charge is 2.56. The minimum atomic E-state index is -0.721. The number of hydrogen-bond donors (Lipinski definition) is 2. The lowest BCUT2D eigenvalue weighted by atomic mass is 9.61. The third-order valence-corrected chi connectivity index (χ3v) is 5.39. The summed E-state index contributed by atoms with van der Waals surface area (Å²) >= 11 is 0. The molecule has 3 heteroatoms. The van der Waals surface area contributed by atoms with Gasteiger partial charge in [-0.25, -0.2) is 0 Å². The zero-order chi connectivity index (χ0) is 13.7. The highest BCUT2D eigenvalue weighted by atomic mass is 16.3. The third-order valence-electron chi connectivity index (χ3n) is 5.39. The van der Waals surface area contributed by atoms with Crippen molar-refractivity contribution >= 4 is 5.78 Å². The fraction of sp³-hybridized carbons (Fsp3) is 0.933. The summed E-state index contributed by atoms with van der Waals surface area (Å²) in [5, 5.41) is 20.7. The summed E-state index contributed by atoms with van der Waals surface area (Å²) in [4.78, 5) is 11.8. The quantitative estimate of drug-likeness (QED) is 0.792. The molecule has 0 heterocycles. The number of aliphatic hydroxyl groups is 2. The first kappa shape index (κ1) is 14.0. The van der Waals surface area contributed by atoms with Crippen molar-refractivity contribution in [3.8, 4) is 0 Å². The van der Waals surface area contributed by atoms with E-state index in [-0.39, 0.29) is 23.5 Å². The largest absolute Gasteiger partial charge is 0.392 e. The predicted molar refractivity (Wildman–Crippen MR) is 70.0 cm³/mol. The van der Waals surface area contributed by atoms with Crippen molar-refractivity contribution in [2.24, 2.45) is 29.6 Å². The van der Waals surface area contributed by atoms with E-state index in [1.54, 1.807) is 6.92 Å². The Morgan fingerprint density at radius 3 is 2.50 bits per heavy atom. The van der Waals surface area contributed by atoms with Crippen LogP contribution in [-0.4, -0.2) is 27.7 Å². The van der Waals surface area contributed by atoms with Crippen LogP contribution < -0.4 is 0 Å². The van der Waals surface area contributed by atoms with Crippen LogP contribution in [-0.2, 0) is 4.79 Å². The standard InChI is InChI=1S/C15H26O3/c1-8(2)10-5-6-15(4,18)11-7-12(17)13(9(3)16)14(10)11/h8,10-14,17-18H,5-7H2,1-4H3/t10-,11+,12-,13-,14-,15+/m0/s1. The number of hydrogen-bond acceptors (Lipinski definition) is 3. The first-order chi connectivity index (χ1) is 8.25. The fourth-order valence-corrected chi connectivity index (χ4v) is 4.46. The molecule has 0 unspecified atom stereocenters. The lowest BCUT2D eigenvalue weighted by molar-refractivity contribution is -0.129. The van der Waals surface area contributed by atoms with Gasteiger partial charge in [0.25, 0.3) is 0 Å². The van der Waals surface area contributed by atoms with Gasteiger partial charge >= 0.3 is 0 Å². The summed E-state index contributed by atoms with van der Waals surface area (Å²) in [6, 6.07) is 0. The van der Waals surface area contributed by atoms with E-state index in [4.69, 9.17) is 0 Å². The van der Waals surface area contributed by atoms with Gasteiger partial charge in [0.15, 0.2) is 0 Å². The number of rotatable bonds is 2. The summed E-state index contributed by atoms with van der Waals surface area (Å²) in [7, 11) is 0. The van der Waals surface area contributed by atoms with Crippen molar-refractivity contribution in [3.05, 3.63) is 0 Å². The highest BCUT2D eigenvalue weighted by Crippen LogP contribution is 2.54. The molecule has 104 valence electrons. The molecular weight excluding hydrogens is 228 g/mol. The van der Waals surface area contributed by atoms with Crippen molar-refractivity contribution in [2.75, 3.05) is 0 Å². The maximum Gasteiger partial charge on any atom is 0.135 e. The molecule has 2 N–H and O–H groups in total. The van der Waals surface area contributed by atoms with Crippen molar-refractivity contribution in [2.45, 2.75) is 58.7 Å². The zero-order valence-corrected chi connectivity index (χ0v) is 11.9. The van der Waals surface area contributed by atoms with Gasteiger partial charge in [-0.05, 0) is 56.8 Å². The molecular formula is C15H26O3. The summed E-state index contributed by atoms with van der Waals surface area (Å²) < 4.78 is 0. The first-order valence-electron chi connectivity index (χ1n) is 7.16. The number of ketones is 1. The Balaban J connectivity index is 2.35. The molecule has 0 amide bonds. The minimum Gasteiger partial charge on any atom is -0.392 e. The van der Waals surface area contributed by atoms with Crippen LogP contribution in [0.15, 0.2) is 0 Å². The van der Waals surface area contributed by atoms with Crippen LogP contribution in [0.3, 0.4) is 0 Å². The summed E-state index contributed by atoms with van der Waals surface area (Å²) in [6.45, 7) is 7.82. The molecule has 6 atom stereocenters. The molecule has 2 saturated carbocycles. The van der Waals surface area contributed by atoms with E-state index in [0.29, 0.717) is 18.3 Å². The number of carbonyl (C=O) groups is 1. The molecule has 0 aromatic heterocycles. The monoisotopic (exact) mass is 254 g/mol. The molecule has 2 fully saturated rings. The normalized spacial score (nSPS) is 48.3. The first-order valence-corrected chi connectivity index (χ1v) is 7.16. The van der Waals surface area contributed by atoms with Crippen LogP contribution >= 0.6 is 0 Å². The average molecular weight is 254 g/mol. The molecule has 0 bridgehead atoms. The van der Waals surface area contributed by atoms with Crippen LogP contribution in [0.5, 0.6) is 0 Å². The van der Waals surface area contributed by atoms with Crippen LogP contribution in [0.4, 0.5) is 0 Å². The molecule has 18 heavy (non-hydrogen) atoms. The summed E-state index contributed by atoms with van der Waals surface area (Å²) in [5.74, 6) is 0.985. The van der Waals surface area contributed by atoms with E-state index in [9.17, 15) is 15.0 Å². The van der Waals surface area contributed by atoms with Gasteiger partial charge in [-0.2, -0.15) is 0 Å². The Labute approximate surface area is 110 Å². The van der Waals surface area contributed by atoms with Gasteiger partial charge in [-0.15, -0.1) is 0 Å². The van der Waals surface area contributed by atoms with Crippen molar-refractivity contribution in [3.63, 3.8) is 0 Å². The molecule has 0 spiro atoms. The Hall–Kier alpha value is -0.410. The van der Waals surface area contributed by atoms with Crippen molar-refractivity contribution < 1.29 is 15.0 Å². The number of carbonyl (C=O) groups excluding carboxylic acids is 1. The van der Waals surface area contributed by atoms with E-state index in [1.807, 2.05) is 6.92 Å². The van der Waals surface area contributed by atoms with Gasteiger partial charge in [0.05, 0.1) is 11.7 Å². The van der Waals surface area contributed by atoms with Gasteiger partial charge in [-0.1, -0.05) is 13.8 Å². The summed E-state index contributed by atoms with van der Waals surface area (Å²) in [5.41, 5.74) is -0.721. The zero-order valence-electron chi connectivity index (χ0n) is 11.9. The number of Topliss-reactive ketones (excluding diaryl/α,β-unsaturated/α-hetero) is 1. The average Bonchev–Trinajstić information content (AvgIpc) is 2.56. The lowest BCUT2D eigenvalue weighted by Crippen LogP contribution is -2.47. The molecule has 0 saturated heterocycles. The topological polar surface area (TPSA) is 57.5 Å². The van der Waals surface area contributed by atoms with Crippen molar-refractivity contribution in [1.82, 2.24) is 0 Å². The second kappa shape index (κ2) is 4.61. The van der Waals surface area contributed by atoms with Gasteiger partial charge in [-0.3, -0.25) is 4.79 Å². The highest BCUT2D eigenvalue weighted by molar-refractivity contribution is 5.79. The second-order valence-electron chi connectivity index (χ2n) is 6.93. The van der Waals surface area contributed by atoms with Gasteiger partial charge < -0.3 is 10.2 Å². The smallest absolute Gasteiger partial charge is 0.135 e. The third kappa shape index (κ3) is 2.12. The Morgan fingerprint density at radius 1 is 1.39 bits per heavy atom. The predicted octanol–water partition coefficient (Wildman–Crippen LogP) is 2.01. The van der Waals surface area contributed by atoms with Gasteiger partial charge in [0.1, 0.15) is 5.78 Å². The lowest BCUT2D eigenvalue weighted by Gasteiger charge is -2.46. The van der Waals surface area contributed by atoms with Crippen molar-refractivity contribution in [1.29, 1.82) is 0 Å². The molecule has 2 rings (SSSR count). The molecule has 3 nitrogen and oxygen atoms in total. The molecule has 0 radical (unpaired) electrons. The van der Waals surface area contributed by atoms with Gasteiger partial charge in [0.2, 0.25) is 0 Å².